The number of anilines is 1. The predicted molar refractivity (Wildman–Crippen MR) is 98.7 cm³/mol. The van der Waals surface area contributed by atoms with Gasteiger partial charge in [0, 0.05) is 17.0 Å². The summed E-state index contributed by atoms with van der Waals surface area (Å²) in [7, 11) is 0. The molecule has 24 heavy (non-hydrogen) atoms. The number of nitrogens with one attached hydrogen (secondary N) is 2. The van der Waals surface area contributed by atoms with Gasteiger partial charge >= 0.3 is 0 Å². The summed E-state index contributed by atoms with van der Waals surface area (Å²) < 4.78 is 0.947. The number of carbonyl (C=O) groups excluding carboxylic acids is 2. The Morgan fingerprint density at radius 2 is 2.08 bits per heavy atom. The van der Waals surface area contributed by atoms with E-state index in [1.807, 2.05) is 38.1 Å². The van der Waals surface area contributed by atoms with Crippen molar-refractivity contribution in [2.24, 2.45) is 5.92 Å². The van der Waals surface area contributed by atoms with Crippen LogP contribution < -0.4 is 10.6 Å². The van der Waals surface area contributed by atoms with Crippen LogP contribution in [0.5, 0.6) is 0 Å². The first-order chi connectivity index (χ1) is 11.4. The fourth-order valence-electron chi connectivity index (χ4n) is 2.12. The molecule has 0 aliphatic carbocycles. The zero-order valence-electron chi connectivity index (χ0n) is 13.7. The summed E-state index contributed by atoms with van der Waals surface area (Å²) in [5, 5.41) is 14.7. The lowest BCUT2D eigenvalue weighted by atomic mass is 9.98. The number of carbonyl (C=O) groups is 2. The van der Waals surface area contributed by atoms with Crippen LogP contribution in [0.25, 0.3) is 10.6 Å². The number of halogens is 1. The van der Waals surface area contributed by atoms with Crippen molar-refractivity contribution in [3.8, 4) is 10.6 Å². The maximum atomic E-state index is 12.5. The molecule has 2 amide bonds. The third-order valence-corrected chi connectivity index (χ3v) is 4.96. The smallest absolute Gasteiger partial charge is 0.249 e. The minimum atomic E-state index is -0.592. The van der Waals surface area contributed by atoms with Crippen LogP contribution in [0.4, 0.5) is 5.13 Å². The van der Waals surface area contributed by atoms with Gasteiger partial charge in [0.05, 0.1) is 0 Å². The Balaban J connectivity index is 2.12. The molecule has 0 saturated heterocycles. The summed E-state index contributed by atoms with van der Waals surface area (Å²) in [5.74, 6) is -0.495. The summed E-state index contributed by atoms with van der Waals surface area (Å²) in [6.07, 6.45) is 0.776. The molecule has 0 spiro atoms. The first-order valence-corrected chi connectivity index (χ1v) is 9.19. The van der Waals surface area contributed by atoms with Crippen LogP contribution in [0, 0.1) is 5.92 Å². The van der Waals surface area contributed by atoms with E-state index in [2.05, 4.69) is 36.8 Å². The summed E-state index contributed by atoms with van der Waals surface area (Å²) in [6.45, 7) is 5.30. The van der Waals surface area contributed by atoms with E-state index in [0.29, 0.717) is 10.1 Å². The van der Waals surface area contributed by atoms with E-state index in [9.17, 15) is 9.59 Å². The van der Waals surface area contributed by atoms with E-state index >= 15 is 0 Å². The van der Waals surface area contributed by atoms with Crippen molar-refractivity contribution >= 4 is 44.2 Å². The minimum absolute atomic E-state index is 0.0198. The zero-order valence-corrected chi connectivity index (χ0v) is 16.1. The van der Waals surface area contributed by atoms with Gasteiger partial charge in [0.2, 0.25) is 16.9 Å². The van der Waals surface area contributed by atoms with Crippen LogP contribution in [0.1, 0.15) is 27.2 Å². The first-order valence-electron chi connectivity index (χ1n) is 7.58. The Bertz CT molecular complexity index is 734. The number of rotatable bonds is 6. The molecule has 2 rings (SSSR count). The van der Waals surface area contributed by atoms with Crippen LogP contribution in [0.15, 0.2) is 28.7 Å². The fraction of sp³-hybridized carbons (Fsp3) is 0.375. The number of hydrogen-bond acceptors (Lipinski definition) is 5. The zero-order chi connectivity index (χ0) is 17.7. The molecule has 2 aromatic rings. The average Bonchev–Trinajstić information content (AvgIpc) is 3.00. The summed E-state index contributed by atoms with van der Waals surface area (Å²) in [5.41, 5.74) is 0.919. The Kier molecular flexibility index (Phi) is 6.44. The van der Waals surface area contributed by atoms with Crippen molar-refractivity contribution in [1.29, 1.82) is 0 Å². The third kappa shape index (κ3) is 4.85. The highest BCUT2D eigenvalue weighted by atomic mass is 79.9. The van der Waals surface area contributed by atoms with Gasteiger partial charge < -0.3 is 5.32 Å². The number of hydrogen-bond donors (Lipinski definition) is 2. The SMILES string of the molecule is CC[C@@H](C)[C@@H](NC(C)=O)C(=O)Nc1nnc(-c2cccc(Br)c2)s1. The molecule has 0 aliphatic rings. The van der Waals surface area contributed by atoms with Gasteiger partial charge in [-0.15, -0.1) is 10.2 Å². The van der Waals surface area contributed by atoms with Gasteiger partial charge in [-0.05, 0) is 18.1 Å². The summed E-state index contributed by atoms with van der Waals surface area (Å²) >= 11 is 4.71. The van der Waals surface area contributed by atoms with E-state index in [0.717, 1.165) is 16.5 Å². The molecule has 0 radical (unpaired) electrons. The van der Waals surface area contributed by atoms with Crippen LogP contribution in [0.2, 0.25) is 0 Å². The molecule has 2 atom stereocenters. The summed E-state index contributed by atoms with van der Waals surface area (Å²) in [6, 6.07) is 7.11. The van der Waals surface area contributed by atoms with Gasteiger partial charge in [-0.25, -0.2) is 0 Å². The van der Waals surface area contributed by atoms with E-state index < -0.39 is 6.04 Å². The molecule has 1 heterocycles. The number of amides is 2. The monoisotopic (exact) mass is 410 g/mol. The van der Waals surface area contributed by atoms with E-state index in [1.165, 1.54) is 18.3 Å². The average molecular weight is 411 g/mol. The van der Waals surface area contributed by atoms with Crippen LogP contribution in [0.3, 0.4) is 0 Å². The lowest BCUT2D eigenvalue weighted by Gasteiger charge is -2.22. The van der Waals surface area contributed by atoms with Crippen molar-refractivity contribution < 1.29 is 9.59 Å². The van der Waals surface area contributed by atoms with Crippen LogP contribution in [-0.4, -0.2) is 28.1 Å². The molecule has 0 saturated carbocycles. The van der Waals surface area contributed by atoms with Gasteiger partial charge in [-0.2, -0.15) is 0 Å². The van der Waals surface area contributed by atoms with Crippen molar-refractivity contribution in [3.63, 3.8) is 0 Å². The molecular formula is C16H19BrN4O2S. The molecule has 8 heteroatoms. The second kappa shape index (κ2) is 8.34. The van der Waals surface area contributed by atoms with Gasteiger partial charge in [0.15, 0.2) is 0 Å². The van der Waals surface area contributed by atoms with Crippen LogP contribution >= 0.6 is 27.3 Å². The topological polar surface area (TPSA) is 84.0 Å². The molecule has 128 valence electrons. The molecule has 0 fully saturated rings. The fourth-order valence-corrected chi connectivity index (χ4v) is 3.26. The molecule has 6 nitrogen and oxygen atoms in total. The normalized spacial score (nSPS) is 13.2. The largest absolute Gasteiger partial charge is 0.344 e. The number of aromatic nitrogens is 2. The van der Waals surface area contributed by atoms with E-state index in [1.54, 1.807) is 0 Å². The second-order valence-corrected chi connectivity index (χ2v) is 7.37. The Hall–Kier alpha value is -1.80. The van der Waals surface area contributed by atoms with Crippen molar-refractivity contribution in [3.05, 3.63) is 28.7 Å². The van der Waals surface area contributed by atoms with Crippen molar-refractivity contribution in [1.82, 2.24) is 15.5 Å². The summed E-state index contributed by atoms with van der Waals surface area (Å²) in [4.78, 5) is 23.8. The Morgan fingerprint density at radius 3 is 2.71 bits per heavy atom. The van der Waals surface area contributed by atoms with Gasteiger partial charge in [-0.1, -0.05) is 59.7 Å². The lowest BCUT2D eigenvalue weighted by molar-refractivity contribution is -0.126. The van der Waals surface area contributed by atoms with E-state index in [-0.39, 0.29) is 17.7 Å². The molecule has 0 aliphatic heterocycles. The van der Waals surface area contributed by atoms with Crippen molar-refractivity contribution in [2.75, 3.05) is 5.32 Å². The van der Waals surface area contributed by atoms with Gasteiger partial charge in [0.25, 0.3) is 0 Å². The van der Waals surface area contributed by atoms with Gasteiger partial charge in [-0.3, -0.25) is 14.9 Å². The lowest BCUT2D eigenvalue weighted by Crippen LogP contribution is -2.46. The number of benzene rings is 1. The quantitative estimate of drug-likeness (QED) is 0.763. The molecule has 0 unspecified atom stereocenters. The molecular weight excluding hydrogens is 392 g/mol. The maximum Gasteiger partial charge on any atom is 0.249 e. The van der Waals surface area contributed by atoms with Crippen LogP contribution in [-0.2, 0) is 9.59 Å². The Labute approximate surface area is 153 Å². The highest BCUT2D eigenvalue weighted by molar-refractivity contribution is 9.10. The van der Waals surface area contributed by atoms with Gasteiger partial charge in [0.1, 0.15) is 11.0 Å². The van der Waals surface area contributed by atoms with E-state index in [4.69, 9.17) is 0 Å². The molecule has 1 aromatic carbocycles. The highest BCUT2D eigenvalue weighted by Gasteiger charge is 2.25. The second-order valence-electron chi connectivity index (χ2n) is 5.48. The molecule has 2 N–H and O–H groups in total. The molecule has 0 bridgehead atoms. The maximum absolute atomic E-state index is 12.5. The Morgan fingerprint density at radius 1 is 1.33 bits per heavy atom. The number of nitrogens with zero attached hydrogens (tertiary/aromatic N) is 2. The standard InChI is InChI=1S/C16H19BrN4O2S/c1-4-9(2)13(18-10(3)22)14(23)19-16-21-20-15(24-16)11-6-5-7-12(17)8-11/h5-9,13H,4H2,1-3H3,(H,18,22)(H,19,21,23)/t9-,13-/m1/s1. The first kappa shape index (κ1) is 18.5. The predicted octanol–water partition coefficient (Wildman–Crippen LogP) is 3.46. The highest BCUT2D eigenvalue weighted by Crippen LogP contribution is 2.28. The van der Waals surface area contributed by atoms with Crippen molar-refractivity contribution in [2.45, 2.75) is 33.2 Å². The molecule has 1 aromatic heterocycles. The minimum Gasteiger partial charge on any atom is -0.344 e. The third-order valence-electron chi connectivity index (χ3n) is 3.58.